The van der Waals surface area contributed by atoms with Gasteiger partial charge in [-0.05, 0) is 79.7 Å². The monoisotopic (exact) mass is 797 g/mol. The molecule has 0 saturated carbocycles. The molecule has 1 fully saturated rings. The van der Waals surface area contributed by atoms with E-state index in [0.717, 1.165) is 5.56 Å². The van der Waals surface area contributed by atoms with Crippen LogP contribution >= 0.6 is 0 Å². The lowest BCUT2D eigenvalue weighted by Crippen LogP contribution is -2.62. The fraction of sp³-hybridized carbons (Fsp3) is 0.683. The Morgan fingerprint density at radius 2 is 1.44 bits per heavy atom. The number of hydrogen-bond donors (Lipinski definition) is 5. The number of ether oxygens (including phenoxy) is 3. The summed E-state index contributed by atoms with van der Waals surface area (Å²) in [6.45, 7) is 17.6. The third-order valence-corrected chi connectivity index (χ3v) is 10.1. The molecule has 6 amide bonds. The summed E-state index contributed by atoms with van der Waals surface area (Å²) in [6, 6.07) is 1.97. The number of fused-ring (bicyclic) bond motifs is 2. The summed E-state index contributed by atoms with van der Waals surface area (Å²) >= 11 is 0. The Morgan fingerprint density at radius 3 is 2.07 bits per heavy atom. The van der Waals surface area contributed by atoms with Crippen LogP contribution < -0.4 is 26.6 Å². The minimum Gasteiger partial charge on any atom is -0.477 e. The molecule has 2 bridgehead atoms. The van der Waals surface area contributed by atoms with Crippen molar-refractivity contribution in [3.05, 3.63) is 35.9 Å². The van der Waals surface area contributed by atoms with Crippen LogP contribution in [0.15, 0.2) is 35.3 Å². The Morgan fingerprint density at radius 1 is 0.807 bits per heavy atom. The molecule has 3 heterocycles. The van der Waals surface area contributed by atoms with Gasteiger partial charge in [0.15, 0.2) is 6.04 Å². The zero-order chi connectivity index (χ0) is 42.2. The van der Waals surface area contributed by atoms with Gasteiger partial charge in [-0.2, -0.15) is 0 Å². The fourth-order valence-corrected chi connectivity index (χ4v) is 6.96. The molecule has 16 nitrogen and oxygen atoms in total. The summed E-state index contributed by atoms with van der Waals surface area (Å²) in [4.78, 5) is 90.1. The van der Waals surface area contributed by atoms with Gasteiger partial charge in [0.05, 0.1) is 23.9 Å². The number of hydrogen-bond acceptors (Lipinski definition) is 10. The molecule has 0 aromatic heterocycles. The molecular weight excluding hydrogens is 734 g/mol. The molecule has 0 spiro atoms. The predicted molar refractivity (Wildman–Crippen MR) is 213 cm³/mol. The third kappa shape index (κ3) is 12.7. The van der Waals surface area contributed by atoms with E-state index in [4.69, 9.17) is 14.2 Å². The van der Waals surface area contributed by atoms with Crippen molar-refractivity contribution in [2.45, 2.75) is 155 Å². The van der Waals surface area contributed by atoms with E-state index in [2.05, 4.69) is 31.6 Å². The summed E-state index contributed by atoms with van der Waals surface area (Å²) in [7, 11) is 0. The molecule has 0 aliphatic carbocycles. The van der Waals surface area contributed by atoms with Crippen LogP contribution in [0.3, 0.4) is 0 Å². The van der Waals surface area contributed by atoms with E-state index in [-0.39, 0.29) is 31.5 Å². The molecule has 316 valence electrons. The Balaban J connectivity index is 1.77. The third-order valence-electron chi connectivity index (χ3n) is 10.1. The second-order valence-corrected chi connectivity index (χ2v) is 17.2. The maximum Gasteiger partial charge on any atom is 0.249 e. The van der Waals surface area contributed by atoms with Gasteiger partial charge >= 0.3 is 0 Å². The van der Waals surface area contributed by atoms with Crippen LogP contribution in [0, 0.1) is 5.92 Å². The van der Waals surface area contributed by atoms with Crippen molar-refractivity contribution in [1.82, 2.24) is 31.5 Å². The molecule has 4 rings (SSSR count). The summed E-state index contributed by atoms with van der Waals surface area (Å²) in [5.41, 5.74) is -0.544. The van der Waals surface area contributed by atoms with E-state index in [1.807, 2.05) is 58.0 Å². The highest BCUT2D eigenvalue weighted by molar-refractivity contribution is 5.99. The van der Waals surface area contributed by atoms with Crippen LogP contribution in [0.5, 0.6) is 0 Å². The first-order valence-corrected chi connectivity index (χ1v) is 20.1. The van der Waals surface area contributed by atoms with Crippen molar-refractivity contribution >= 4 is 41.3 Å². The molecule has 9 atom stereocenters. The number of nitrogens with zero attached hydrogens (tertiary/aromatic N) is 2. The van der Waals surface area contributed by atoms with Gasteiger partial charge in [-0.15, -0.1) is 0 Å². The molecule has 1 aromatic carbocycles. The van der Waals surface area contributed by atoms with Gasteiger partial charge in [-0.3, -0.25) is 28.8 Å². The van der Waals surface area contributed by atoms with E-state index in [1.165, 1.54) is 4.90 Å². The van der Waals surface area contributed by atoms with Crippen molar-refractivity contribution in [2.24, 2.45) is 10.9 Å². The zero-order valence-electron chi connectivity index (χ0n) is 35.1. The zero-order valence-corrected chi connectivity index (χ0v) is 35.1. The van der Waals surface area contributed by atoms with Gasteiger partial charge in [0.2, 0.25) is 41.3 Å². The minimum absolute atomic E-state index is 0.127. The topological polar surface area (TPSA) is 206 Å². The van der Waals surface area contributed by atoms with Crippen LogP contribution in [0.4, 0.5) is 0 Å². The molecule has 5 N–H and O–H groups in total. The smallest absolute Gasteiger partial charge is 0.249 e. The van der Waals surface area contributed by atoms with E-state index < -0.39 is 95.0 Å². The predicted octanol–water partition coefficient (Wildman–Crippen LogP) is 1.54. The number of carbonyl (C=O) groups is 6. The first-order chi connectivity index (χ1) is 26.7. The molecular formula is C41H63N7O9. The van der Waals surface area contributed by atoms with Gasteiger partial charge in [0.25, 0.3) is 0 Å². The summed E-state index contributed by atoms with van der Waals surface area (Å²) < 4.78 is 18.1. The second kappa shape index (κ2) is 19.2. The van der Waals surface area contributed by atoms with Crippen molar-refractivity contribution in [1.29, 1.82) is 0 Å². The van der Waals surface area contributed by atoms with Crippen LogP contribution in [-0.4, -0.2) is 126 Å². The highest BCUT2D eigenvalue weighted by Crippen LogP contribution is 2.21. The maximum absolute atomic E-state index is 14.2. The van der Waals surface area contributed by atoms with Gasteiger partial charge in [-0.25, -0.2) is 4.99 Å². The molecule has 57 heavy (non-hydrogen) atoms. The fourth-order valence-electron chi connectivity index (χ4n) is 6.96. The number of nitrogens with one attached hydrogen (secondary N) is 5. The van der Waals surface area contributed by atoms with Gasteiger partial charge in [0.1, 0.15) is 42.9 Å². The maximum atomic E-state index is 14.2. The number of aliphatic imine (C=N–C) groups is 1. The molecule has 1 aromatic rings. The minimum atomic E-state index is -1.30. The summed E-state index contributed by atoms with van der Waals surface area (Å²) in [5, 5.41) is 14.1. The van der Waals surface area contributed by atoms with Crippen LogP contribution in [-0.2, 0) is 49.4 Å². The van der Waals surface area contributed by atoms with Gasteiger partial charge < -0.3 is 45.7 Å². The molecule has 3 aliphatic heterocycles. The van der Waals surface area contributed by atoms with Gasteiger partial charge in [-0.1, -0.05) is 50.6 Å². The summed E-state index contributed by atoms with van der Waals surface area (Å²) in [6.07, 6.45) is 0.867. The SMILES string of the molecule is CC[C@H](C)[C@@H]1NC(=O)[C@H](COC(C)(C)C)NC(=O)[C@H]([C@@H](C)OC(C)(C)C)NC(=O)[C@@H]2COC(=N2)[C@@H](Cc2ccccc2)NC(=O)[C@@H]2CCCN2C(=O)[C@H](C)NC1=O. The largest absolute Gasteiger partial charge is 0.477 e. The Hall–Kier alpha value is -4.57. The van der Waals surface area contributed by atoms with E-state index >= 15 is 0 Å². The highest BCUT2D eigenvalue weighted by Gasteiger charge is 2.42. The van der Waals surface area contributed by atoms with Crippen molar-refractivity contribution in [2.75, 3.05) is 19.8 Å². The quantitative estimate of drug-likeness (QED) is 0.259. The number of carbonyl (C=O) groups excluding carboxylic acids is 6. The molecule has 1 saturated heterocycles. The van der Waals surface area contributed by atoms with Crippen molar-refractivity contribution in [3.8, 4) is 0 Å². The average molecular weight is 798 g/mol. The molecule has 0 radical (unpaired) electrons. The first kappa shape index (κ1) is 45.1. The van der Waals surface area contributed by atoms with Crippen LogP contribution in [0.1, 0.15) is 94.1 Å². The Kier molecular flexibility index (Phi) is 15.2. The average Bonchev–Trinajstić information content (AvgIpc) is 3.83. The van der Waals surface area contributed by atoms with Crippen molar-refractivity contribution in [3.63, 3.8) is 0 Å². The number of benzene rings is 1. The second-order valence-electron chi connectivity index (χ2n) is 17.2. The van der Waals surface area contributed by atoms with Crippen molar-refractivity contribution < 1.29 is 43.0 Å². The first-order valence-electron chi connectivity index (χ1n) is 20.1. The van der Waals surface area contributed by atoms with E-state index in [1.54, 1.807) is 41.5 Å². The lowest BCUT2D eigenvalue weighted by molar-refractivity contribution is -0.142. The molecule has 0 unspecified atom stereocenters. The van der Waals surface area contributed by atoms with Crippen LogP contribution in [0.2, 0.25) is 0 Å². The Bertz CT molecular complexity index is 1640. The number of amides is 6. The summed E-state index contributed by atoms with van der Waals surface area (Å²) in [5.74, 6) is -3.79. The standard InChI is InChI=1S/C41H63N7O9/c1-11-23(2)31-36(52)42-24(3)39(54)48-19-15-18-30(48)35(51)43-27(20-26-16-13-12-14-17-26)38-45-28(21-55-38)33(49)47-32(25(4)57-41(8,9)10)37(53)44-29(34(50)46-31)22-56-40(5,6)7/h12-14,16-17,23-25,27-32H,11,15,18-22H2,1-10H3,(H,42,52)(H,43,51)(H,44,53)(H,46,50)(H,47,49)/t23-,24-,25+,27+,28-,29-,30-,31-,32-/m0/s1. The Labute approximate surface area is 336 Å². The number of rotatable bonds is 8. The normalized spacial score (nSPS) is 28.4. The highest BCUT2D eigenvalue weighted by atomic mass is 16.5. The molecule has 16 heteroatoms. The van der Waals surface area contributed by atoms with Crippen LogP contribution in [0.25, 0.3) is 0 Å². The van der Waals surface area contributed by atoms with E-state index in [9.17, 15) is 28.8 Å². The van der Waals surface area contributed by atoms with E-state index in [0.29, 0.717) is 25.8 Å². The lowest BCUT2D eigenvalue weighted by Gasteiger charge is -2.33. The lowest BCUT2D eigenvalue weighted by atomic mass is 9.97. The van der Waals surface area contributed by atoms with Gasteiger partial charge in [0, 0.05) is 13.0 Å². The molecule has 3 aliphatic rings.